The average Bonchev–Trinajstić information content (AvgIpc) is 2.84. The molecular formula is C23H30F2N4O4. The van der Waals surface area contributed by atoms with Crippen molar-refractivity contribution < 1.29 is 28.3 Å². The monoisotopic (exact) mass is 464 g/mol. The Balaban J connectivity index is 0.00000497. The summed E-state index contributed by atoms with van der Waals surface area (Å²) in [4.78, 5) is 24.3. The molecule has 10 heteroatoms. The zero-order chi connectivity index (χ0) is 25.4. The molecule has 0 spiro atoms. The summed E-state index contributed by atoms with van der Waals surface area (Å²) < 4.78 is 31.6. The zero-order valence-electron chi connectivity index (χ0n) is 19.1. The Morgan fingerprint density at radius 3 is 2.39 bits per heavy atom. The van der Waals surface area contributed by atoms with Crippen molar-refractivity contribution in [1.29, 1.82) is 0 Å². The summed E-state index contributed by atoms with van der Waals surface area (Å²) in [7, 11) is 0.977. The lowest BCUT2D eigenvalue weighted by Gasteiger charge is -2.34. The molecular weight excluding hydrogens is 434 g/mol. The molecule has 2 atom stereocenters. The Bertz CT molecular complexity index is 892. The van der Waals surface area contributed by atoms with E-state index in [1.807, 2.05) is 13.8 Å². The molecule has 0 aromatic heterocycles. The first-order valence-electron chi connectivity index (χ1n) is 9.83. The predicted molar refractivity (Wildman–Crippen MR) is 123 cm³/mol. The van der Waals surface area contributed by atoms with Crippen LogP contribution >= 0.6 is 0 Å². The average molecular weight is 465 g/mol. The van der Waals surface area contributed by atoms with Crippen molar-refractivity contribution in [3.05, 3.63) is 60.8 Å². The number of benzene rings is 1. The normalized spacial score (nSPS) is 13.6. The Morgan fingerprint density at radius 1 is 1.30 bits per heavy atom. The fourth-order valence-corrected chi connectivity index (χ4v) is 2.22. The second-order valence-electron chi connectivity index (χ2n) is 6.58. The highest BCUT2D eigenvalue weighted by Gasteiger charge is 2.48. The summed E-state index contributed by atoms with van der Waals surface area (Å²) in [6.45, 7) is 10.8. The van der Waals surface area contributed by atoms with Crippen molar-refractivity contribution >= 4 is 17.5 Å². The van der Waals surface area contributed by atoms with E-state index < -0.39 is 29.9 Å². The molecule has 1 aromatic carbocycles. The maximum atomic E-state index is 13.4. The third kappa shape index (κ3) is 9.22. The predicted octanol–water partition coefficient (Wildman–Crippen LogP) is 3.00. The molecule has 2 unspecified atom stereocenters. The molecule has 4 N–H and O–H groups in total. The van der Waals surface area contributed by atoms with E-state index in [9.17, 15) is 18.4 Å². The molecule has 33 heavy (non-hydrogen) atoms. The van der Waals surface area contributed by atoms with Crippen LogP contribution in [0, 0.1) is 11.8 Å². The first-order valence-corrected chi connectivity index (χ1v) is 9.83. The van der Waals surface area contributed by atoms with Crippen LogP contribution in [-0.4, -0.2) is 47.9 Å². The number of rotatable bonds is 9. The van der Waals surface area contributed by atoms with E-state index in [1.165, 1.54) is 17.6 Å². The first kappa shape index (κ1) is 29.5. The smallest absolute Gasteiger partial charge is 0.269 e. The fourth-order valence-electron chi connectivity index (χ4n) is 2.22. The van der Waals surface area contributed by atoms with Gasteiger partial charge in [0.1, 0.15) is 6.04 Å². The highest BCUT2D eigenvalue weighted by molar-refractivity contribution is 5.97. The van der Waals surface area contributed by atoms with Crippen molar-refractivity contribution in [2.75, 3.05) is 7.11 Å². The van der Waals surface area contributed by atoms with Crippen LogP contribution in [0.1, 0.15) is 43.1 Å². The molecule has 8 nitrogen and oxygen atoms in total. The quantitative estimate of drug-likeness (QED) is 0.148. The molecule has 0 bridgehead atoms. The van der Waals surface area contributed by atoms with E-state index in [0.29, 0.717) is 5.56 Å². The number of hydrogen-bond acceptors (Lipinski definition) is 6. The van der Waals surface area contributed by atoms with E-state index in [1.54, 1.807) is 24.4 Å². The second-order valence-corrected chi connectivity index (χ2v) is 6.58. The maximum Gasteiger partial charge on any atom is 0.269 e. The Morgan fingerprint density at radius 2 is 1.91 bits per heavy atom. The minimum atomic E-state index is -3.11. The van der Waals surface area contributed by atoms with Crippen molar-refractivity contribution in [1.82, 2.24) is 16.2 Å². The van der Waals surface area contributed by atoms with Crippen LogP contribution in [0.2, 0.25) is 0 Å². The van der Waals surface area contributed by atoms with Gasteiger partial charge in [-0.2, -0.15) is 5.10 Å². The van der Waals surface area contributed by atoms with E-state index in [2.05, 4.69) is 40.8 Å². The van der Waals surface area contributed by atoms with Crippen molar-refractivity contribution in [3.63, 3.8) is 0 Å². The molecule has 1 aromatic rings. The van der Waals surface area contributed by atoms with Crippen molar-refractivity contribution in [3.8, 4) is 11.8 Å². The Labute approximate surface area is 192 Å². The lowest BCUT2D eigenvalue weighted by Crippen LogP contribution is -2.62. The van der Waals surface area contributed by atoms with Gasteiger partial charge in [0.05, 0.1) is 0 Å². The minimum absolute atomic E-state index is 0.107. The molecule has 1 rings (SSSR count). The fraction of sp³-hybridized carbons (Fsp3) is 0.348. The molecule has 0 aliphatic heterocycles. The summed E-state index contributed by atoms with van der Waals surface area (Å²) in [5, 5.41) is 15.1. The second kappa shape index (κ2) is 15.3. The highest BCUT2D eigenvalue weighted by atomic mass is 19.3. The standard InChI is InChI=1S/C21H26F2N4O4.C2H4/c1-5-14(2)26-24-13-7-6-8-15-9-11-16(12-10-15)18(28)25-17(19(29)27-30)21(3,31-4)20(22)23;1-2/h7,9-13,17,20,24,30H,5H2,1-4H3,(H,25,28)(H,27,29);1-2H2/b13-7+,26-14+;. The molecule has 0 saturated carbocycles. The van der Waals surface area contributed by atoms with Gasteiger partial charge in [0.2, 0.25) is 0 Å². The molecule has 180 valence electrons. The molecule has 0 saturated heterocycles. The van der Waals surface area contributed by atoms with Crippen LogP contribution in [0.5, 0.6) is 0 Å². The molecule has 0 aliphatic rings. The maximum absolute atomic E-state index is 13.4. The number of alkyl halides is 2. The molecule has 0 radical (unpaired) electrons. The van der Waals surface area contributed by atoms with E-state index in [0.717, 1.165) is 26.2 Å². The zero-order valence-corrected chi connectivity index (χ0v) is 19.1. The number of nitrogens with one attached hydrogen (secondary N) is 3. The highest BCUT2D eigenvalue weighted by Crippen LogP contribution is 2.24. The lowest BCUT2D eigenvalue weighted by molar-refractivity contribution is -0.157. The van der Waals surface area contributed by atoms with E-state index in [4.69, 9.17) is 9.94 Å². The Kier molecular flexibility index (Phi) is 13.6. The number of methoxy groups -OCH3 is 1. The molecule has 2 amide bonds. The summed E-state index contributed by atoms with van der Waals surface area (Å²) in [6.07, 6.45) is 0.874. The van der Waals surface area contributed by atoms with Crippen LogP contribution in [0.3, 0.4) is 0 Å². The summed E-state index contributed by atoms with van der Waals surface area (Å²) in [6, 6.07) is 4.14. The third-order valence-electron chi connectivity index (χ3n) is 4.47. The lowest BCUT2D eigenvalue weighted by atomic mass is 9.95. The number of hydrazone groups is 1. The number of hydrogen-bond donors (Lipinski definition) is 4. The number of allylic oxidation sites excluding steroid dienone is 1. The summed E-state index contributed by atoms with van der Waals surface area (Å²) in [5.74, 6) is 3.61. The summed E-state index contributed by atoms with van der Waals surface area (Å²) >= 11 is 0. The van der Waals surface area contributed by atoms with Crippen LogP contribution in [0.25, 0.3) is 0 Å². The summed E-state index contributed by atoms with van der Waals surface area (Å²) in [5.41, 5.74) is 3.32. The van der Waals surface area contributed by atoms with Gasteiger partial charge < -0.3 is 10.1 Å². The number of carbonyl (C=O) groups is 2. The van der Waals surface area contributed by atoms with Crippen molar-refractivity contribution in [2.45, 2.75) is 45.3 Å². The topological polar surface area (TPSA) is 112 Å². The van der Waals surface area contributed by atoms with Crippen LogP contribution in [-0.2, 0) is 9.53 Å². The van der Waals surface area contributed by atoms with Crippen molar-refractivity contribution in [2.24, 2.45) is 5.10 Å². The molecule has 0 aliphatic carbocycles. The van der Waals surface area contributed by atoms with E-state index >= 15 is 0 Å². The SMILES string of the molecule is C=C.CC/C(C)=N/N/C=C/C#Cc1ccc(C(=O)NC(C(=O)NO)C(C)(OC)C(F)F)cc1. The third-order valence-corrected chi connectivity index (χ3v) is 4.47. The van der Waals surface area contributed by atoms with E-state index in [-0.39, 0.29) is 5.56 Å². The number of amides is 2. The van der Waals surface area contributed by atoms with Gasteiger partial charge in [-0.05, 0) is 44.5 Å². The van der Waals surface area contributed by atoms with Gasteiger partial charge in [-0.25, -0.2) is 14.3 Å². The number of carbonyl (C=O) groups excluding carboxylic acids is 2. The van der Waals surface area contributed by atoms with Gasteiger partial charge >= 0.3 is 0 Å². The van der Waals surface area contributed by atoms with Crippen LogP contribution in [0.15, 0.2) is 54.8 Å². The van der Waals surface area contributed by atoms with Gasteiger partial charge in [0, 0.05) is 36.2 Å². The number of nitrogens with zero attached hydrogens (tertiary/aromatic N) is 1. The van der Waals surface area contributed by atoms with Gasteiger partial charge in [-0.3, -0.25) is 20.2 Å². The van der Waals surface area contributed by atoms with Crippen LogP contribution in [0.4, 0.5) is 8.78 Å². The Hall–Kier alpha value is -3.55. The molecule has 0 fully saturated rings. The molecule has 0 heterocycles. The van der Waals surface area contributed by atoms with Gasteiger partial charge in [-0.1, -0.05) is 18.8 Å². The number of hydroxylamine groups is 1. The number of halogens is 2. The van der Waals surface area contributed by atoms with Gasteiger partial charge in [0.15, 0.2) is 5.60 Å². The first-order chi connectivity index (χ1) is 15.7. The number of ether oxygens (including phenoxy) is 1. The minimum Gasteiger partial charge on any atom is -0.370 e. The van der Waals surface area contributed by atoms with Gasteiger partial charge in [0.25, 0.3) is 18.2 Å². The van der Waals surface area contributed by atoms with Gasteiger partial charge in [-0.15, -0.1) is 13.2 Å². The largest absolute Gasteiger partial charge is 0.370 e. The van der Waals surface area contributed by atoms with Crippen LogP contribution < -0.4 is 16.2 Å².